The second kappa shape index (κ2) is 4.18. The van der Waals surface area contributed by atoms with Crippen molar-refractivity contribution in [3.8, 4) is 0 Å². The highest BCUT2D eigenvalue weighted by molar-refractivity contribution is 7.90. The zero-order chi connectivity index (χ0) is 11.7. The predicted octanol–water partition coefficient (Wildman–Crippen LogP) is 2.30. The Morgan fingerprint density at radius 1 is 1.20 bits per heavy atom. The topological polar surface area (TPSA) is 34.1 Å². The van der Waals surface area contributed by atoms with Crippen molar-refractivity contribution >= 4 is 22.5 Å². The lowest BCUT2D eigenvalue weighted by Crippen LogP contribution is -2.19. The van der Waals surface area contributed by atoms with Gasteiger partial charge in [-0.3, -0.25) is 0 Å². The third kappa shape index (κ3) is 2.98. The molecule has 0 aromatic heterocycles. The number of rotatable bonds is 3. The summed E-state index contributed by atoms with van der Waals surface area (Å²) in [6.45, 7) is 4.16. The fourth-order valence-corrected chi connectivity index (χ4v) is 2.06. The fraction of sp³-hybridized carbons (Fsp3) is 0.455. The van der Waals surface area contributed by atoms with E-state index in [1.807, 2.05) is 12.1 Å². The lowest BCUT2D eigenvalue weighted by molar-refractivity contribution is 0.597. The van der Waals surface area contributed by atoms with Crippen molar-refractivity contribution in [2.75, 3.05) is 12.0 Å². The van der Waals surface area contributed by atoms with E-state index in [0.29, 0.717) is 4.90 Å². The first-order valence-electron chi connectivity index (χ1n) is 4.69. The van der Waals surface area contributed by atoms with Gasteiger partial charge in [0.25, 0.3) is 0 Å². The van der Waals surface area contributed by atoms with Crippen LogP contribution in [0.4, 0.5) is 0 Å². The average molecular weight is 244 g/mol. The van der Waals surface area contributed by atoms with Crippen molar-refractivity contribution in [1.29, 1.82) is 0 Å². The van der Waals surface area contributed by atoms with E-state index in [2.05, 4.69) is 26.5 Å². The molecule has 0 bridgehead atoms. The van der Waals surface area contributed by atoms with Gasteiger partial charge in [0.05, 0.1) is 4.90 Å². The molecule has 1 aromatic rings. The zero-order valence-corrected chi connectivity index (χ0v) is 10.9. The van der Waals surface area contributed by atoms with Crippen LogP contribution in [-0.4, -0.2) is 20.4 Å². The van der Waals surface area contributed by atoms with E-state index in [1.165, 1.54) is 6.26 Å². The van der Waals surface area contributed by atoms with Gasteiger partial charge in [-0.2, -0.15) is 12.6 Å². The van der Waals surface area contributed by atoms with Crippen molar-refractivity contribution in [3.05, 3.63) is 29.8 Å². The van der Waals surface area contributed by atoms with Crippen molar-refractivity contribution in [2.24, 2.45) is 0 Å². The van der Waals surface area contributed by atoms with Crippen LogP contribution in [0.5, 0.6) is 0 Å². The lowest BCUT2D eigenvalue weighted by Gasteiger charge is -2.22. The van der Waals surface area contributed by atoms with Gasteiger partial charge in [0.15, 0.2) is 9.84 Å². The molecule has 0 unspecified atom stereocenters. The third-order valence-corrected chi connectivity index (χ3v) is 4.38. The maximum atomic E-state index is 11.2. The van der Waals surface area contributed by atoms with Crippen LogP contribution in [0.15, 0.2) is 29.2 Å². The maximum Gasteiger partial charge on any atom is 0.175 e. The van der Waals surface area contributed by atoms with Gasteiger partial charge in [0, 0.05) is 6.26 Å². The van der Waals surface area contributed by atoms with Gasteiger partial charge in [-0.1, -0.05) is 26.0 Å². The summed E-state index contributed by atoms with van der Waals surface area (Å²) in [7, 11) is -3.09. The minimum Gasteiger partial charge on any atom is -0.224 e. The van der Waals surface area contributed by atoms with Crippen LogP contribution in [0.25, 0.3) is 0 Å². The molecule has 4 heteroatoms. The van der Waals surface area contributed by atoms with Gasteiger partial charge in [-0.05, 0) is 28.9 Å². The van der Waals surface area contributed by atoms with Gasteiger partial charge < -0.3 is 0 Å². The van der Waals surface area contributed by atoms with Gasteiger partial charge in [-0.25, -0.2) is 8.42 Å². The molecule has 0 amide bonds. The highest BCUT2D eigenvalue weighted by Crippen LogP contribution is 2.25. The van der Waals surface area contributed by atoms with E-state index >= 15 is 0 Å². The van der Waals surface area contributed by atoms with E-state index in [9.17, 15) is 8.42 Å². The highest BCUT2D eigenvalue weighted by Gasteiger charge is 2.18. The Labute approximate surface area is 97.0 Å². The van der Waals surface area contributed by atoms with Crippen molar-refractivity contribution in [1.82, 2.24) is 0 Å². The SMILES string of the molecule is CC(C)(CS)c1ccc(S(C)(=O)=O)cc1. The summed E-state index contributed by atoms with van der Waals surface area (Å²) >= 11 is 4.28. The van der Waals surface area contributed by atoms with Crippen LogP contribution in [0, 0.1) is 0 Å². The summed E-state index contributed by atoms with van der Waals surface area (Å²) in [5.41, 5.74) is 1.07. The highest BCUT2D eigenvalue weighted by atomic mass is 32.2. The van der Waals surface area contributed by atoms with Crippen LogP contribution in [0.1, 0.15) is 19.4 Å². The molecule has 0 fully saturated rings. The number of sulfone groups is 1. The monoisotopic (exact) mass is 244 g/mol. The smallest absolute Gasteiger partial charge is 0.175 e. The Morgan fingerprint density at radius 2 is 1.67 bits per heavy atom. The Bertz CT molecular complexity index is 430. The summed E-state index contributed by atoms with van der Waals surface area (Å²) in [5, 5.41) is 0. The Hall–Kier alpha value is -0.480. The molecule has 0 aliphatic heterocycles. The molecule has 0 aliphatic rings. The first-order valence-corrected chi connectivity index (χ1v) is 7.21. The molecule has 84 valence electrons. The standard InChI is InChI=1S/C11H16O2S2/c1-11(2,8-14)9-4-6-10(7-5-9)15(3,12)13/h4-7,14H,8H2,1-3H3. The Balaban J connectivity index is 3.12. The maximum absolute atomic E-state index is 11.2. The quantitative estimate of drug-likeness (QED) is 0.828. The summed E-state index contributed by atoms with van der Waals surface area (Å²) < 4.78 is 22.5. The van der Waals surface area contributed by atoms with E-state index in [-0.39, 0.29) is 5.41 Å². The molecule has 0 atom stereocenters. The lowest BCUT2D eigenvalue weighted by atomic mass is 9.87. The second-order valence-electron chi connectivity index (χ2n) is 4.34. The molecule has 0 heterocycles. The largest absolute Gasteiger partial charge is 0.224 e. The summed E-state index contributed by atoms with van der Waals surface area (Å²) in [4.78, 5) is 0.362. The molecule has 0 saturated carbocycles. The number of hydrogen-bond acceptors (Lipinski definition) is 3. The molecule has 0 spiro atoms. The predicted molar refractivity (Wildman–Crippen MR) is 66.4 cm³/mol. The van der Waals surface area contributed by atoms with Crippen molar-refractivity contribution in [3.63, 3.8) is 0 Å². The molecule has 0 aliphatic carbocycles. The molecule has 0 N–H and O–H groups in total. The summed E-state index contributed by atoms with van der Waals surface area (Å²) in [6, 6.07) is 7.00. The number of hydrogen-bond donors (Lipinski definition) is 1. The average Bonchev–Trinajstić information content (AvgIpc) is 2.17. The van der Waals surface area contributed by atoms with Gasteiger partial charge in [0.1, 0.15) is 0 Å². The molecule has 0 radical (unpaired) electrons. The number of benzene rings is 1. The van der Waals surface area contributed by atoms with Crippen molar-refractivity contribution in [2.45, 2.75) is 24.2 Å². The molecule has 1 aromatic carbocycles. The van der Waals surface area contributed by atoms with E-state index < -0.39 is 9.84 Å². The number of thiol groups is 1. The Kier molecular flexibility index (Phi) is 3.51. The normalized spacial score (nSPS) is 12.8. The van der Waals surface area contributed by atoms with Crippen LogP contribution in [0.2, 0.25) is 0 Å². The van der Waals surface area contributed by atoms with E-state index in [0.717, 1.165) is 11.3 Å². The van der Waals surface area contributed by atoms with Crippen LogP contribution in [0.3, 0.4) is 0 Å². The second-order valence-corrected chi connectivity index (χ2v) is 6.67. The van der Waals surface area contributed by atoms with Crippen LogP contribution < -0.4 is 0 Å². The molecular formula is C11H16O2S2. The Morgan fingerprint density at radius 3 is 2.00 bits per heavy atom. The van der Waals surface area contributed by atoms with Crippen LogP contribution in [-0.2, 0) is 15.3 Å². The van der Waals surface area contributed by atoms with Gasteiger partial charge in [-0.15, -0.1) is 0 Å². The molecule has 0 saturated heterocycles. The van der Waals surface area contributed by atoms with Crippen LogP contribution >= 0.6 is 12.6 Å². The first-order chi connectivity index (χ1) is 6.77. The first kappa shape index (κ1) is 12.6. The molecule has 2 nitrogen and oxygen atoms in total. The van der Waals surface area contributed by atoms with Gasteiger partial charge >= 0.3 is 0 Å². The van der Waals surface area contributed by atoms with Gasteiger partial charge in [0.2, 0.25) is 0 Å². The minimum absolute atomic E-state index is 0.0286. The van der Waals surface area contributed by atoms with Crippen molar-refractivity contribution < 1.29 is 8.42 Å². The molecule has 1 rings (SSSR count). The molecule has 15 heavy (non-hydrogen) atoms. The fourth-order valence-electron chi connectivity index (χ4n) is 1.24. The van der Waals surface area contributed by atoms with E-state index in [1.54, 1.807) is 12.1 Å². The van der Waals surface area contributed by atoms with E-state index in [4.69, 9.17) is 0 Å². The zero-order valence-electron chi connectivity index (χ0n) is 9.19. The summed E-state index contributed by atoms with van der Waals surface area (Å²) in [6.07, 6.45) is 1.21. The minimum atomic E-state index is -3.09. The molecular weight excluding hydrogens is 228 g/mol. The third-order valence-electron chi connectivity index (χ3n) is 2.46. The summed E-state index contributed by atoms with van der Waals surface area (Å²) in [5.74, 6) is 0.727.